The fourth-order valence-corrected chi connectivity index (χ4v) is 2.63. The molecular weight excluding hydrogens is 309 g/mol. The van der Waals surface area contributed by atoms with Crippen molar-refractivity contribution in [1.82, 2.24) is 0 Å². The summed E-state index contributed by atoms with van der Waals surface area (Å²) >= 11 is 0. The van der Waals surface area contributed by atoms with Gasteiger partial charge in [-0.15, -0.1) is 0 Å². The van der Waals surface area contributed by atoms with Gasteiger partial charge in [0.25, 0.3) is 0 Å². The summed E-state index contributed by atoms with van der Waals surface area (Å²) in [4.78, 5) is 12.4. The molecule has 1 aliphatic rings. The van der Waals surface area contributed by atoms with E-state index in [0.717, 1.165) is 24.3 Å². The molecule has 1 aliphatic heterocycles. The zero-order chi connectivity index (χ0) is 16.8. The minimum atomic E-state index is -4.47. The number of aliphatic hydroxyl groups is 1. The van der Waals surface area contributed by atoms with Crippen molar-refractivity contribution < 1.29 is 27.8 Å². The molecule has 120 valence electrons. The highest BCUT2D eigenvalue weighted by atomic mass is 19.4. The molecule has 0 saturated carbocycles. The zero-order valence-electron chi connectivity index (χ0n) is 12.1. The molecule has 0 unspecified atom stereocenters. The van der Waals surface area contributed by atoms with E-state index in [2.05, 4.69) is 0 Å². The fourth-order valence-electron chi connectivity index (χ4n) is 2.63. The van der Waals surface area contributed by atoms with Gasteiger partial charge in [-0.2, -0.15) is 13.2 Å². The standard InChI is InChI=1S/C17H13F3O3/c1-10-15(21)13-4-2-3-5-14(13)23-16(10,22)11-6-8-12(9-7-11)17(18,19)20/h2-10,22H,1H3/t10-,16-/m1/s1. The van der Waals surface area contributed by atoms with Crippen LogP contribution in [0.3, 0.4) is 0 Å². The summed E-state index contributed by atoms with van der Waals surface area (Å²) in [6.45, 7) is 1.48. The number of carbonyl (C=O) groups excluding carboxylic acids is 1. The Morgan fingerprint density at radius 3 is 2.30 bits per heavy atom. The van der Waals surface area contributed by atoms with Gasteiger partial charge in [-0.3, -0.25) is 4.79 Å². The lowest BCUT2D eigenvalue weighted by atomic mass is 9.84. The number of benzene rings is 2. The Kier molecular flexibility index (Phi) is 3.44. The first-order valence-corrected chi connectivity index (χ1v) is 6.96. The number of fused-ring (bicyclic) bond motifs is 1. The average Bonchev–Trinajstić information content (AvgIpc) is 2.52. The molecule has 3 nitrogen and oxygen atoms in total. The number of rotatable bonds is 1. The first kappa shape index (κ1) is 15.6. The van der Waals surface area contributed by atoms with Gasteiger partial charge in [-0.1, -0.05) is 24.3 Å². The summed E-state index contributed by atoms with van der Waals surface area (Å²) in [5.41, 5.74) is -0.391. The molecule has 0 spiro atoms. The maximum atomic E-state index is 12.6. The maximum Gasteiger partial charge on any atom is 0.416 e. The molecule has 1 heterocycles. The lowest BCUT2D eigenvalue weighted by Crippen LogP contribution is -2.46. The molecule has 0 bridgehead atoms. The molecule has 0 saturated heterocycles. The summed E-state index contributed by atoms with van der Waals surface area (Å²) in [6, 6.07) is 10.4. The highest BCUT2D eigenvalue weighted by Crippen LogP contribution is 2.42. The molecule has 6 heteroatoms. The predicted molar refractivity (Wildman–Crippen MR) is 75.9 cm³/mol. The average molecular weight is 322 g/mol. The highest BCUT2D eigenvalue weighted by molar-refractivity contribution is 6.01. The van der Waals surface area contributed by atoms with Gasteiger partial charge in [0.2, 0.25) is 5.79 Å². The van der Waals surface area contributed by atoms with Crippen molar-refractivity contribution in [3.05, 3.63) is 65.2 Å². The van der Waals surface area contributed by atoms with Gasteiger partial charge < -0.3 is 9.84 Å². The van der Waals surface area contributed by atoms with E-state index in [9.17, 15) is 23.1 Å². The Labute approximate surface area is 130 Å². The number of carbonyl (C=O) groups is 1. The number of halogens is 3. The fraction of sp³-hybridized carbons (Fsp3) is 0.235. The van der Waals surface area contributed by atoms with Crippen LogP contribution < -0.4 is 4.74 Å². The first-order chi connectivity index (χ1) is 10.7. The van der Waals surface area contributed by atoms with Crippen molar-refractivity contribution in [3.63, 3.8) is 0 Å². The van der Waals surface area contributed by atoms with Crippen LogP contribution in [0.1, 0.15) is 28.4 Å². The van der Waals surface area contributed by atoms with E-state index in [0.29, 0.717) is 5.56 Å². The minimum absolute atomic E-state index is 0.0980. The maximum absolute atomic E-state index is 12.6. The number of hydrogen-bond acceptors (Lipinski definition) is 3. The van der Waals surface area contributed by atoms with Gasteiger partial charge in [-0.05, 0) is 31.2 Å². The molecule has 1 N–H and O–H groups in total. The van der Waals surface area contributed by atoms with Crippen molar-refractivity contribution in [2.75, 3.05) is 0 Å². The van der Waals surface area contributed by atoms with Crippen LogP contribution in [-0.2, 0) is 12.0 Å². The largest absolute Gasteiger partial charge is 0.457 e. The van der Waals surface area contributed by atoms with Gasteiger partial charge in [0, 0.05) is 5.56 Å². The van der Waals surface area contributed by atoms with E-state index >= 15 is 0 Å². The SMILES string of the molecule is C[C@@H]1C(=O)c2ccccc2O[C@@]1(O)c1ccc(C(F)(F)F)cc1. The monoisotopic (exact) mass is 322 g/mol. The van der Waals surface area contributed by atoms with Gasteiger partial charge in [-0.25, -0.2) is 0 Å². The predicted octanol–water partition coefficient (Wildman–Crippen LogP) is 3.76. The quantitative estimate of drug-likeness (QED) is 0.869. The van der Waals surface area contributed by atoms with Crippen molar-refractivity contribution in [2.24, 2.45) is 5.92 Å². The van der Waals surface area contributed by atoms with Crippen LogP contribution in [0.25, 0.3) is 0 Å². The summed E-state index contributed by atoms with van der Waals surface area (Å²) in [5.74, 6) is -3.07. The number of ether oxygens (including phenoxy) is 1. The lowest BCUT2D eigenvalue weighted by molar-refractivity contribution is -0.176. The minimum Gasteiger partial charge on any atom is -0.457 e. The number of Topliss-reactive ketones (excluding diaryl/α,β-unsaturated/α-hetero) is 1. The summed E-state index contributed by atoms with van der Waals surface area (Å²) < 4.78 is 43.5. The number of ketones is 1. The van der Waals surface area contributed by atoms with Crippen LogP contribution in [0.2, 0.25) is 0 Å². The molecule has 0 aliphatic carbocycles. The van der Waals surface area contributed by atoms with Crippen molar-refractivity contribution in [3.8, 4) is 5.75 Å². The molecule has 23 heavy (non-hydrogen) atoms. The smallest absolute Gasteiger partial charge is 0.416 e. The second-order valence-electron chi connectivity index (χ2n) is 5.46. The lowest BCUT2D eigenvalue weighted by Gasteiger charge is -2.38. The normalized spacial score (nSPS) is 24.0. The number of hydrogen-bond donors (Lipinski definition) is 1. The summed E-state index contributed by atoms with van der Waals surface area (Å²) in [5, 5.41) is 10.8. The first-order valence-electron chi connectivity index (χ1n) is 6.96. The summed E-state index contributed by atoms with van der Waals surface area (Å²) in [6.07, 6.45) is -4.47. The molecule has 2 aromatic carbocycles. The third-order valence-corrected chi connectivity index (χ3v) is 4.02. The van der Waals surface area contributed by atoms with Crippen LogP contribution >= 0.6 is 0 Å². The number of alkyl halides is 3. The summed E-state index contributed by atoms with van der Waals surface area (Å²) in [7, 11) is 0. The van der Waals surface area contributed by atoms with Crippen molar-refractivity contribution in [2.45, 2.75) is 18.9 Å². The van der Waals surface area contributed by atoms with Crippen LogP contribution in [0.15, 0.2) is 48.5 Å². The van der Waals surface area contributed by atoms with Gasteiger partial charge in [0.05, 0.1) is 17.0 Å². The Morgan fingerprint density at radius 2 is 1.70 bits per heavy atom. The molecule has 0 radical (unpaired) electrons. The van der Waals surface area contributed by atoms with Gasteiger partial charge in [0.15, 0.2) is 5.78 Å². The van der Waals surface area contributed by atoms with Crippen LogP contribution in [-0.4, -0.2) is 10.9 Å². The molecule has 0 amide bonds. The molecular formula is C17H13F3O3. The van der Waals surface area contributed by atoms with E-state index in [1.54, 1.807) is 18.2 Å². The van der Waals surface area contributed by atoms with Crippen molar-refractivity contribution >= 4 is 5.78 Å². The van der Waals surface area contributed by atoms with E-state index in [1.165, 1.54) is 13.0 Å². The Hall–Kier alpha value is -2.34. The molecule has 0 aromatic heterocycles. The van der Waals surface area contributed by atoms with Crippen LogP contribution in [0, 0.1) is 5.92 Å². The van der Waals surface area contributed by atoms with Crippen LogP contribution in [0.5, 0.6) is 5.75 Å². The third kappa shape index (κ3) is 2.49. The second kappa shape index (κ2) is 5.09. The second-order valence-corrected chi connectivity index (χ2v) is 5.46. The van der Waals surface area contributed by atoms with Gasteiger partial charge >= 0.3 is 6.18 Å². The highest BCUT2D eigenvalue weighted by Gasteiger charge is 2.47. The molecule has 2 atom stereocenters. The van der Waals surface area contributed by atoms with E-state index in [4.69, 9.17) is 4.74 Å². The number of para-hydroxylation sites is 1. The Bertz CT molecular complexity index is 752. The third-order valence-electron chi connectivity index (χ3n) is 4.02. The van der Waals surface area contributed by atoms with Crippen LogP contribution in [0.4, 0.5) is 13.2 Å². The van der Waals surface area contributed by atoms with Gasteiger partial charge in [0.1, 0.15) is 5.75 Å². The van der Waals surface area contributed by atoms with Crippen molar-refractivity contribution in [1.29, 1.82) is 0 Å². The topological polar surface area (TPSA) is 46.5 Å². The zero-order valence-corrected chi connectivity index (χ0v) is 12.1. The van der Waals surface area contributed by atoms with E-state index in [1.807, 2.05) is 0 Å². The van der Waals surface area contributed by atoms with E-state index < -0.39 is 23.4 Å². The molecule has 0 fully saturated rings. The van der Waals surface area contributed by atoms with E-state index in [-0.39, 0.29) is 17.1 Å². The Balaban J connectivity index is 2.03. The molecule has 3 rings (SSSR count). The Morgan fingerprint density at radius 1 is 1.09 bits per heavy atom. The molecule has 2 aromatic rings.